The molecule has 1 heterocycles. The molecule has 1 aliphatic heterocycles. The summed E-state index contributed by atoms with van der Waals surface area (Å²) in [6.45, 7) is 2.19. The van der Waals surface area contributed by atoms with E-state index >= 15 is 0 Å². The number of amides is 1. The van der Waals surface area contributed by atoms with Gasteiger partial charge in [0.25, 0.3) is 0 Å². The van der Waals surface area contributed by atoms with Crippen LogP contribution in [0.5, 0.6) is 5.75 Å². The van der Waals surface area contributed by atoms with Gasteiger partial charge in [0.05, 0.1) is 6.42 Å². The van der Waals surface area contributed by atoms with Gasteiger partial charge in [-0.3, -0.25) is 4.79 Å². The molecule has 21 heavy (non-hydrogen) atoms. The Kier molecular flexibility index (Phi) is 4.50. The molecule has 0 spiro atoms. The van der Waals surface area contributed by atoms with Gasteiger partial charge in [0, 0.05) is 35.2 Å². The molecule has 114 valence electrons. The number of hydrogen-bond donors (Lipinski definition) is 2. The molecule has 0 atom stereocenters. The third kappa shape index (κ3) is 3.98. The van der Waals surface area contributed by atoms with Crippen LogP contribution < -0.4 is 5.32 Å². The molecule has 2 N–H and O–H groups in total. The average molecular weight is 353 g/mol. The maximum absolute atomic E-state index is 12.1. The fourth-order valence-corrected chi connectivity index (χ4v) is 3.34. The van der Waals surface area contributed by atoms with E-state index in [9.17, 15) is 9.90 Å². The Morgan fingerprint density at radius 1 is 1.29 bits per heavy atom. The second-order valence-electron chi connectivity index (χ2n) is 6.06. The molecule has 1 aromatic rings. The van der Waals surface area contributed by atoms with Crippen LogP contribution in [0.1, 0.15) is 31.2 Å². The Morgan fingerprint density at radius 3 is 2.62 bits per heavy atom. The van der Waals surface area contributed by atoms with Crippen molar-refractivity contribution in [2.75, 3.05) is 13.1 Å². The first kappa shape index (κ1) is 14.9. The van der Waals surface area contributed by atoms with E-state index < -0.39 is 0 Å². The minimum Gasteiger partial charge on any atom is -0.508 e. The van der Waals surface area contributed by atoms with E-state index in [1.807, 2.05) is 6.07 Å². The highest BCUT2D eigenvalue weighted by molar-refractivity contribution is 9.10. The predicted molar refractivity (Wildman–Crippen MR) is 85.3 cm³/mol. The van der Waals surface area contributed by atoms with E-state index in [0.29, 0.717) is 5.56 Å². The molecular formula is C16H21BrN2O2. The van der Waals surface area contributed by atoms with Gasteiger partial charge >= 0.3 is 0 Å². The van der Waals surface area contributed by atoms with Gasteiger partial charge in [0.1, 0.15) is 5.75 Å². The standard InChI is InChI=1S/C16H21BrN2O2/c17-12-2-1-11(15(20)10-12)9-16(21)18-13-5-7-19(8-6-13)14-3-4-14/h1-2,10,13-14,20H,3-9H2,(H,18,21). The van der Waals surface area contributed by atoms with Gasteiger partial charge < -0.3 is 15.3 Å². The molecule has 0 unspecified atom stereocenters. The van der Waals surface area contributed by atoms with Gasteiger partial charge in [-0.1, -0.05) is 22.0 Å². The van der Waals surface area contributed by atoms with Gasteiger partial charge in [0.15, 0.2) is 0 Å². The van der Waals surface area contributed by atoms with E-state index in [1.165, 1.54) is 12.8 Å². The van der Waals surface area contributed by atoms with Crippen molar-refractivity contribution >= 4 is 21.8 Å². The first-order valence-electron chi connectivity index (χ1n) is 7.62. The topological polar surface area (TPSA) is 52.6 Å². The monoisotopic (exact) mass is 352 g/mol. The van der Waals surface area contributed by atoms with Crippen molar-refractivity contribution < 1.29 is 9.90 Å². The molecule has 0 aromatic heterocycles. The maximum Gasteiger partial charge on any atom is 0.224 e. The Balaban J connectivity index is 1.47. The maximum atomic E-state index is 12.1. The smallest absolute Gasteiger partial charge is 0.224 e. The summed E-state index contributed by atoms with van der Waals surface area (Å²) in [5.74, 6) is 0.167. The molecule has 2 aliphatic rings. The summed E-state index contributed by atoms with van der Waals surface area (Å²) in [6, 6.07) is 6.36. The van der Waals surface area contributed by atoms with Crippen LogP contribution in [0, 0.1) is 0 Å². The van der Waals surface area contributed by atoms with Crippen molar-refractivity contribution in [1.82, 2.24) is 10.2 Å². The fourth-order valence-electron chi connectivity index (χ4n) is 2.99. The molecule has 1 aliphatic carbocycles. The van der Waals surface area contributed by atoms with Crippen LogP contribution in [0.2, 0.25) is 0 Å². The van der Waals surface area contributed by atoms with Crippen LogP contribution in [0.15, 0.2) is 22.7 Å². The molecule has 5 heteroatoms. The molecule has 1 amide bonds. The number of carbonyl (C=O) groups excluding carboxylic acids is 1. The van der Waals surface area contributed by atoms with Crippen molar-refractivity contribution in [1.29, 1.82) is 0 Å². The Labute approximate surface area is 133 Å². The number of benzene rings is 1. The average Bonchev–Trinajstić information content (AvgIpc) is 3.27. The van der Waals surface area contributed by atoms with Crippen molar-refractivity contribution in [2.24, 2.45) is 0 Å². The molecule has 1 aromatic carbocycles. The summed E-state index contributed by atoms with van der Waals surface area (Å²) in [7, 11) is 0. The number of piperidine rings is 1. The van der Waals surface area contributed by atoms with Crippen LogP contribution >= 0.6 is 15.9 Å². The lowest BCUT2D eigenvalue weighted by atomic mass is 10.0. The lowest BCUT2D eigenvalue weighted by Crippen LogP contribution is -2.45. The zero-order valence-electron chi connectivity index (χ0n) is 12.0. The molecule has 1 saturated heterocycles. The lowest BCUT2D eigenvalue weighted by molar-refractivity contribution is -0.121. The van der Waals surface area contributed by atoms with E-state index in [-0.39, 0.29) is 24.1 Å². The quantitative estimate of drug-likeness (QED) is 0.874. The highest BCUT2D eigenvalue weighted by Crippen LogP contribution is 2.29. The van der Waals surface area contributed by atoms with Crippen LogP contribution in [0.25, 0.3) is 0 Å². The SMILES string of the molecule is O=C(Cc1ccc(Br)cc1O)NC1CCN(C2CC2)CC1. The zero-order chi connectivity index (χ0) is 14.8. The molecule has 3 rings (SSSR count). The number of nitrogens with one attached hydrogen (secondary N) is 1. The molecule has 0 radical (unpaired) electrons. The van der Waals surface area contributed by atoms with Crippen molar-refractivity contribution in [2.45, 2.75) is 44.2 Å². The number of hydrogen-bond acceptors (Lipinski definition) is 3. The van der Waals surface area contributed by atoms with E-state index in [4.69, 9.17) is 0 Å². The molecule has 4 nitrogen and oxygen atoms in total. The van der Waals surface area contributed by atoms with Crippen LogP contribution in [0.4, 0.5) is 0 Å². The van der Waals surface area contributed by atoms with Gasteiger partial charge in [-0.05, 0) is 37.8 Å². The van der Waals surface area contributed by atoms with Crippen LogP contribution in [0.3, 0.4) is 0 Å². The zero-order valence-corrected chi connectivity index (χ0v) is 13.6. The summed E-state index contributed by atoms with van der Waals surface area (Å²) >= 11 is 3.30. The highest BCUT2D eigenvalue weighted by Gasteiger charge is 2.32. The molecule has 1 saturated carbocycles. The van der Waals surface area contributed by atoms with E-state index in [1.54, 1.807) is 12.1 Å². The van der Waals surface area contributed by atoms with Gasteiger partial charge in [-0.15, -0.1) is 0 Å². The number of phenolic OH excluding ortho intramolecular Hbond substituents is 1. The Bertz CT molecular complexity index is 523. The van der Waals surface area contributed by atoms with Crippen molar-refractivity contribution in [3.05, 3.63) is 28.2 Å². The third-order valence-corrected chi connectivity index (χ3v) is 4.85. The summed E-state index contributed by atoms with van der Waals surface area (Å²) in [4.78, 5) is 14.6. The molecule has 2 fully saturated rings. The number of rotatable bonds is 4. The summed E-state index contributed by atoms with van der Waals surface area (Å²) in [5, 5.41) is 12.9. The van der Waals surface area contributed by atoms with Gasteiger partial charge in [-0.2, -0.15) is 0 Å². The Hall–Kier alpha value is -1.07. The summed E-state index contributed by atoms with van der Waals surface area (Å²) < 4.78 is 0.816. The minimum absolute atomic E-state index is 0.00232. The largest absolute Gasteiger partial charge is 0.508 e. The fraction of sp³-hybridized carbons (Fsp3) is 0.562. The normalized spacial score (nSPS) is 20.4. The molecule has 0 bridgehead atoms. The minimum atomic E-state index is -0.00232. The van der Waals surface area contributed by atoms with E-state index in [0.717, 1.165) is 36.4 Å². The first-order valence-corrected chi connectivity index (χ1v) is 8.42. The summed E-state index contributed by atoms with van der Waals surface area (Å²) in [6.07, 6.45) is 5.00. The predicted octanol–water partition coefficient (Wildman–Crippen LogP) is 2.44. The summed E-state index contributed by atoms with van der Waals surface area (Å²) in [5.41, 5.74) is 0.672. The second-order valence-corrected chi connectivity index (χ2v) is 6.97. The first-order chi connectivity index (χ1) is 10.1. The van der Waals surface area contributed by atoms with Crippen molar-refractivity contribution in [3.8, 4) is 5.75 Å². The number of aromatic hydroxyl groups is 1. The van der Waals surface area contributed by atoms with Crippen LogP contribution in [-0.2, 0) is 11.2 Å². The number of phenols is 1. The lowest BCUT2D eigenvalue weighted by Gasteiger charge is -2.32. The van der Waals surface area contributed by atoms with Gasteiger partial charge in [-0.25, -0.2) is 0 Å². The van der Waals surface area contributed by atoms with Crippen LogP contribution in [-0.4, -0.2) is 41.1 Å². The van der Waals surface area contributed by atoms with E-state index in [2.05, 4.69) is 26.1 Å². The second kappa shape index (κ2) is 6.36. The Morgan fingerprint density at radius 2 is 2.00 bits per heavy atom. The number of likely N-dealkylation sites (tertiary alicyclic amines) is 1. The van der Waals surface area contributed by atoms with Gasteiger partial charge in [0.2, 0.25) is 5.91 Å². The van der Waals surface area contributed by atoms with Crippen molar-refractivity contribution in [3.63, 3.8) is 0 Å². The number of nitrogens with zero attached hydrogens (tertiary/aromatic N) is 1. The third-order valence-electron chi connectivity index (χ3n) is 4.36. The number of halogens is 1. The highest BCUT2D eigenvalue weighted by atomic mass is 79.9. The number of carbonyl (C=O) groups is 1. The molecular weight excluding hydrogens is 332 g/mol.